The smallest absolute Gasteiger partial charge is 0.260 e. The Bertz CT molecular complexity index is 685. The van der Waals surface area contributed by atoms with Crippen LogP contribution in [0.15, 0.2) is 24.3 Å². The highest BCUT2D eigenvalue weighted by Crippen LogP contribution is 2.52. The Hall–Kier alpha value is -2.04. The van der Waals surface area contributed by atoms with E-state index >= 15 is 0 Å². The molecular weight excluding hydrogens is 316 g/mol. The molecule has 2 amide bonds. The number of nitrogens with one attached hydrogen (secondary N) is 1. The van der Waals surface area contributed by atoms with E-state index in [9.17, 15) is 9.59 Å². The number of anilines is 1. The summed E-state index contributed by atoms with van der Waals surface area (Å²) >= 11 is 0. The second-order valence-electron chi connectivity index (χ2n) is 8.70. The fourth-order valence-electron chi connectivity index (χ4n) is 4.86. The van der Waals surface area contributed by atoms with Crippen LogP contribution in [0.2, 0.25) is 0 Å². The SMILES string of the molecule is CC(=O)Nc1ccccc1OCC(=O)N1C[C@]2(C)C[C@H]1CC(C)(C)C2. The lowest BCUT2D eigenvalue weighted by Gasteiger charge is -2.39. The zero-order valence-electron chi connectivity index (χ0n) is 15.6. The minimum absolute atomic E-state index is 0.00358. The van der Waals surface area contributed by atoms with E-state index in [1.165, 1.54) is 6.92 Å². The van der Waals surface area contributed by atoms with Crippen molar-refractivity contribution in [2.45, 2.75) is 53.0 Å². The molecule has 0 aromatic heterocycles. The van der Waals surface area contributed by atoms with Crippen LogP contribution in [0.1, 0.15) is 47.0 Å². The minimum atomic E-state index is -0.161. The number of carbonyl (C=O) groups excluding carboxylic acids is 2. The molecule has 2 atom stereocenters. The van der Waals surface area contributed by atoms with Gasteiger partial charge in [0.2, 0.25) is 5.91 Å². The molecule has 1 heterocycles. The predicted molar refractivity (Wildman–Crippen MR) is 97.5 cm³/mol. The first kappa shape index (κ1) is 17.8. The van der Waals surface area contributed by atoms with Crippen molar-refractivity contribution < 1.29 is 14.3 Å². The summed E-state index contributed by atoms with van der Waals surface area (Å²) < 4.78 is 5.74. The molecule has 1 saturated carbocycles. The number of hydrogen-bond donors (Lipinski definition) is 1. The number of hydrogen-bond acceptors (Lipinski definition) is 3. The molecule has 0 unspecified atom stereocenters. The number of amides is 2. The quantitative estimate of drug-likeness (QED) is 0.910. The van der Waals surface area contributed by atoms with Crippen molar-refractivity contribution in [1.82, 2.24) is 4.90 Å². The first-order chi connectivity index (χ1) is 11.7. The van der Waals surface area contributed by atoms with Crippen LogP contribution >= 0.6 is 0 Å². The maximum atomic E-state index is 12.8. The maximum absolute atomic E-state index is 12.8. The lowest BCUT2D eigenvalue weighted by molar-refractivity contribution is -0.134. The van der Waals surface area contributed by atoms with Crippen LogP contribution in [0.4, 0.5) is 5.69 Å². The standard InChI is InChI=1S/C20H28N2O3/c1-14(23)21-16-7-5-6-8-17(16)25-11-18(24)22-13-20(4)10-15(22)9-19(2,3)12-20/h5-8,15H,9-13H2,1-4H3,(H,21,23)/t15-,20-/m1/s1. The molecule has 5 nitrogen and oxygen atoms in total. The maximum Gasteiger partial charge on any atom is 0.260 e. The Morgan fingerprint density at radius 3 is 2.68 bits per heavy atom. The molecule has 5 heteroatoms. The lowest BCUT2D eigenvalue weighted by Crippen LogP contribution is -2.40. The highest BCUT2D eigenvalue weighted by Gasteiger charge is 2.50. The van der Waals surface area contributed by atoms with Gasteiger partial charge in [0.1, 0.15) is 5.75 Å². The van der Waals surface area contributed by atoms with Crippen molar-refractivity contribution in [1.29, 1.82) is 0 Å². The van der Waals surface area contributed by atoms with E-state index in [4.69, 9.17) is 4.74 Å². The first-order valence-electron chi connectivity index (χ1n) is 8.96. The average molecular weight is 344 g/mol. The molecule has 1 aliphatic carbocycles. The van der Waals surface area contributed by atoms with Crippen molar-refractivity contribution in [2.75, 3.05) is 18.5 Å². The van der Waals surface area contributed by atoms with Gasteiger partial charge in [-0.1, -0.05) is 32.9 Å². The van der Waals surface area contributed by atoms with Crippen molar-refractivity contribution in [3.05, 3.63) is 24.3 Å². The van der Waals surface area contributed by atoms with Crippen LogP contribution in [0.5, 0.6) is 5.75 Å². The van der Waals surface area contributed by atoms with Gasteiger partial charge in [-0.05, 0) is 42.2 Å². The number of rotatable bonds is 4. The molecule has 1 aliphatic heterocycles. The van der Waals surface area contributed by atoms with Crippen molar-refractivity contribution in [3.63, 3.8) is 0 Å². The van der Waals surface area contributed by atoms with Crippen LogP contribution in [-0.4, -0.2) is 35.9 Å². The first-order valence-corrected chi connectivity index (χ1v) is 8.96. The fraction of sp³-hybridized carbons (Fsp3) is 0.600. The molecule has 2 fully saturated rings. The predicted octanol–water partition coefficient (Wildman–Crippen LogP) is 3.45. The molecular formula is C20H28N2O3. The Labute approximate surface area is 149 Å². The van der Waals surface area contributed by atoms with Crippen LogP contribution in [0.3, 0.4) is 0 Å². The lowest BCUT2D eigenvalue weighted by atomic mass is 9.65. The number of carbonyl (C=O) groups is 2. The third-order valence-corrected chi connectivity index (χ3v) is 5.28. The zero-order valence-corrected chi connectivity index (χ0v) is 15.6. The molecule has 0 spiro atoms. The molecule has 2 bridgehead atoms. The monoisotopic (exact) mass is 344 g/mol. The van der Waals surface area contributed by atoms with E-state index in [0.717, 1.165) is 25.8 Å². The van der Waals surface area contributed by atoms with Gasteiger partial charge in [0.15, 0.2) is 6.61 Å². The molecule has 2 aliphatic rings. The van der Waals surface area contributed by atoms with Gasteiger partial charge in [-0.2, -0.15) is 0 Å². The van der Waals surface area contributed by atoms with E-state index in [0.29, 0.717) is 17.5 Å². The van der Waals surface area contributed by atoms with E-state index in [-0.39, 0.29) is 29.3 Å². The highest BCUT2D eigenvalue weighted by atomic mass is 16.5. The van der Waals surface area contributed by atoms with Gasteiger partial charge in [0.05, 0.1) is 5.69 Å². The molecule has 0 radical (unpaired) electrons. The Balaban J connectivity index is 1.65. The van der Waals surface area contributed by atoms with Crippen molar-refractivity contribution in [2.24, 2.45) is 10.8 Å². The molecule has 3 rings (SSSR count). The molecule has 1 aromatic rings. The van der Waals surface area contributed by atoms with Gasteiger partial charge in [0, 0.05) is 19.5 Å². The van der Waals surface area contributed by atoms with Crippen LogP contribution in [0, 0.1) is 10.8 Å². The number of likely N-dealkylation sites (tertiary alicyclic amines) is 1. The van der Waals surface area contributed by atoms with Crippen LogP contribution in [-0.2, 0) is 9.59 Å². The summed E-state index contributed by atoms with van der Waals surface area (Å²) in [5, 5.41) is 2.73. The molecule has 1 aromatic carbocycles. The van der Waals surface area contributed by atoms with E-state index < -0.39 is 0 Å². The second-order valence-corrected chi connectivity index (χ2v) is 8.70. The summed E-state index contributed by atoms with van der Waals surface area (Å²) in [6, 6.07) is 7.51. The summed E-state index contributed by atoms with van der Waals surface area (Å²) in [6.07, 6.45) is 3.30. The Morgan fingerprint density at radius 1 is 1.24 bits per heavy atom. The van der Waals surface area contributed by atoms with Crippen molar-refractivity contribution >= 4 is 17.5 Å². The van der Waals surface area contributed by atoms with Gasteiger partial charge in [0.25, 0.3) is 5.91 Å². The van der Waals surface area contributed by atoms with E-state index in [1.807, 2.05) is 17.0 Å². The normalized spacial score (nSPS) is 27.0. The molecule has 136 valence electrons. The van der Waals surface area contributed by atoms with Crippen LogP contribution in [0.25, 0.3) is 0 Å². The third kappa shape index (κ3) is 3.97. The molecule has 1 N–H and O–H groups in total. The largest absolute Gasteiger partial charge is 0.482 e. The summed E-state index contributed by atoms with van der Waals surface area (Å²) in [6.45, 7) is 9.16. The number of fused-ring (bicyclic) bond motifs is 2. The summed E-state index contributed by atoms with van der Waals surface area (Å²) in [5.41, 5.74) is 1.10. The Kier molecular flexibility index (Phi) is 4.52. The zero-order chi connectivity index (χ0) is 18.2. The minimum Gasteiger partial charge on any atom is -0.482 e. The summed E-state index contributed by atoms with van der Waals surface area (Å²) in [4.78, 5) is 26.1. The molecule has 1 saturated heterocycles. The van der Waals surface area contributed by atoms with Gasteiger partial charge in [-0.15, -0.1) is 0 Å². The fourth-order valence-corrected chi connectivity index (χ4v) is 4.86. The number of ether oxygens (including phenoxy) is 1. The van der Waals surface area contributed by atoms with Gasteiger partial charge in [-0.25, -0.2) is 0 Å². The second kappa shape index (κ2) is 6.36. The van der Waals surface area contributed by atoms with E-state index in [1.54, 1.807) is 12.1 Å². The number of para-hydroxylation sites is 2. The average Bonchev–Trinajstić information content (AvgIpc) is 2.74. The van der Waals surface area contributed by atoms with E-state index in [2.05, 4.69) is 26.1 Å². The van der Waals surface area contributed by atoms with Gasteiger partial charge in [-0.3, -0.25) is 9.59 Å². The van der Waals surface area contributed by atoms with Gasteiger partial charge < -0.3 is 15.0 Å². The summed E-state index contributed by atoms with van der Waals surface area (Å²) in [7, 11) is 0. The number of nitrogens with zero attached hydrogens (tertiary/aromatic N) is 1. The van der Waals surface area contributed by atoms with Crippen molar-refractivity contribution in [3.8, 4) is 5.75 Å². The summed E-state index contributed by atoms with van der Waals surface area (Å²) in [5.74, 6) is 0.398. The molecule has 25 heavy (non-hydrogen) atoms. The topological polar surface area (TPSA) is 58.6 Å². The third-order valence-electron chi connectivity index (χ3n) is 5.28. The Morgan fingerprint density at radius 2 is 1.96 bits per heavy atom. The highest BCUT2D eigenvalue weighted by molar-refractivity contribution is 5.90. The van der Waals surface area contributed by atoms with Gasteiger partial charge >= 0.3 is 0 Å². The number of benzene rings is 1. The van der Waals surface area contributed by atoms with Crippen LogP contribution < -0.4 is 10.1 Å².